The number of hydrogen-bond donors (Lipinski definition) is 2. The predicted molar refractivity (Wildman–Crippen MR) is 72.4 cm³/mol. The molecule has 0 aromatic rings. The van der Waals surface area contributed by atoms with E-state index in [0.717, 1.165) is 0 Å². The zero-order chi connectivity index (χ0) is 24.8. The second kappa shape index (κ2) is 11.8. The van der Waals surface area contributed by atoms with E-state index in [9.17, 15) is 52.6 Å². The smallest absolute Gasteiger partial charge is 0.299 e. The van der Waals surface area contributed by atoms with Gasteiger partial charge in [-0.3, -0.25) is 18.8 Å². The van der Waals surface area contributed by atoms with E-state index in [1.54, 1.807) is 0 Å². The summed E-state index contributed by atoms with van der Waals surface area (Å²) >= 11 is 0. The first kappa shape index (κ1) is 31.5. The maximum absolute atomic E-state index is 13.1. The van der Waals surface area contributed by atoms with Crippen molar-refractivity contribution >= 4 is 47.4 Å². The molecular formula is CH4F6O18P6. The fraction of sp³-hybridized carbons (Fsp3) is 1.00. The Morgan fingerprint density at radius 2 is 0.742 bits per heavy atom. The number of hydrogen-bond acceptors (Lipinski definition) is 16. The first-order valence-electron chi connectivity index (χ1n) is 5.58. The Labute approximate surface area is 164 Å². The molecule has 0 saturated heterocycles. The quantitative estimate of drug-likeness (QED) is 0.0755. The number of halogens is 6. The van der Waals surface area contributed by atoms with Crippen LogP contribution < -0.4 is 0 Å². The molecule has 2 N–H and O–H groups in total. The molecule has 0 rings (SSSR count). The minimum absolute atomic E-state index is 1.93. The molecule has 6 atom stereocenters. The lowest BCUT2D eigenvalue weighted by molar-refractivity contribution is -0.231. The summed E-state index contributed by atoms with van der Waals surface area (Å²) in [4.78, 5) is 15.8. The summed E-state index contributed by atoms with van der Waals surface area (Å²) in [7, 11) is -37.8. The molecule has 188 valence electrons. The average Bonchev–Trinajstić information content (AvgIpc) is 2.54. The molecule has 0 bridgehead atoms. The summed E-state index contributed by atoms with van der Waals surface area (Å²) in [6.45, 7) is -1.93. The van der Waals surface area contributed by atoms with Gasteiger partial charge >= 0.3 is 47.4 Å². The van der Waals surface area contributed by atoms with Crippen LogP contribution in [0.4, 0.5) is 25.2 Å². The van der Waals surface area contributed by atoms with Crippen molar-refractivity contribution in [2.24, 2.45) is 0 Å². The minimum Gasteiger partial charge on any atom is -0.299 e. The van der Waals surface area contributed by atoms with Crippen molar-refractivity contribution in [3.63, 3.8) is 0 Å². The van der Waals surface area contributed by atoms with Crippen molar-refractivity contribution in [2.75, 3.05) is 6.79 Å². The molecule has 0 fully saturated rings. The Morgan fingerprint density at radius 1 is 0.452 bits per heavy atom. The van der Waals surface area contributed by atoms with E-state index in [1.807, 2.05) is 0 Å². The van der Waals surface area contributed by atoms with Crippen LogP contribution in [0.1, 0.15) is 0 Å². The highest BCUT2D eigenvalue weighted by molar-refractivity contribution is 7.52. The molecule has 0 aromatic carbocycles. The van der Waals surface area contributed by atoms with Gasteiger partial charge in [0.05, 0.1) is 0 Å². The van der Waals surface area contributed by atoms with Gasteiger partial charge in [-0.2, -0.15) is 0 Å². The van der Waals surface area contributed by atoms with Crippen molar-refractivity contribution in [1.82, 2.24) is 0 Å². The second-order valence-corrected chi connectivity index (χ2v) is 10.6. The van der Waals surface area contributed by atoms with Crippen LogP contribution in [-0.4, -0.2) is 16.6 Å². The zero-order valence-electron chi connectivity index (χ0n) is 13.1. The Morgan fingerprint density at radius 3 is 1.03 bits per heavy atom. The maximum Gasteiger partial charge on any atom is 0.569 e. The molecule has 31 heavy (non-hydrogen) atoms. The minimum atomic E-state index is -6.63. The summed E-state index contributed by atoms with van der Waals surface area (Å²) in [5.41, 5.74) is 0. The monoisotopic (exact) mass is 604 g/mol. The molecule has 30 heteroatoms. The Bertz CT molecular complexity index is 873. The lowest BCUT2D eigenvalue weighted by Gasteiger charge is -2.12. The average molecular weight is 604 g/mol. The third-order valence-electron chi connectivity index (χ3n) is 1.27. The van der Waals surface area contributed by atoms with Crippen molar-refractivity contribution in [1.29, 1.82) is 0 Å². The summed E-state index contributed by atoms with van der Waals surface area (Å²) in [5.74, 6) is 0. The molecule has 18 nitrogen and oxygen atoms in total. The van der Waals surface area contributed by atoms with Gasteiger partial charge in [0.2, 0.25) is 0 Å². The predicted octanol–water partition coefficient (Wildman–Crippen LogP) is 5.22. The fourth-order valence-electron chi connectivity index (χ4n) is 0.530. The lowest BCUT2D eigenvalue weighted by atomic mass is 11.6. The van der Waals surface area contributed by atoms with E-state index in [-0.39, 0.29) is 0 Å². The third-order valence-corrected chi connectivity index (χ3v) is 4.60. The molecule has 0 heterocycles. The van der Waals surface area contributed by atoms with Crippen LogP contribution in [-0.2, 0) is 73.8 Å². The van der Waals surface area contributed by atoms with E-state index in [4.69, 9.17) is 9.79 Å². The van der Waals surface area contributed by atoms with Gasteiger partial charge in [-0.1, -0.05) is 0 Å². The molecule has 0 aliphatic heterocycles. The highest BCUT2D eigenvalue weighted by Crippen LogP contribution is 2.65. The van der Waals surface area contributed by atoms with Gasteiger partial charge in [0.15, 0.2) is 6.79 Å². The molecule has 0 radical (unpaired) electrons. The first-order chi connectivity index (χ1) is 13.5. The standard InChI is InChI=1S/CH4F6O18P6/c2-26(8,9)16-1-17-28(4,12)20-21-30(6,14)24-25-31(7,15)23-22-29(5,13)19-18-27(3,10)11/h1H2,(H,8,9)(H,10,11). The summed E-state index contributed by atoms with van der Waals surface area (Å²) in [5, 5.41) is 0. The second-order valence-electron chi connectivity index (χ2n) is 3.60. The van der Waals surface area contributed by atoms with Crippen molar-refractivity contribution in [3.05, 3.63) is 0 Å². The Kier molecular flexibility index (Phi) is 11.9. The van der Waals surface area contributed by atoms with Gasteiger partial charge in [-0.25, -0.2) is 27.4 Å². The van der Waals surface area contributed by atoms with E-state index >= 15 is 0 Å². The fourth-order valence-corrected chi connectivity index (χ4v) is 3.65. The van der Waals surface area contributed by atoms with E-state index in [1.165, 1.54) is 0 Å². The largest absolute Gasteiger partial charge is 0.569 e. The van der Waals surface area contributed by atoms with E-state index in [2.05, 4.69) is 46.4 Å². The highest BCUT2D eigenvalue weighted by Gasteiger charge is 2.43. The van der Waals surface area contributed by atoms with Gasteiger partial charge in [0, 0.05) is 0 Å². The number of rotatable bonds is 16. The molecule has 0 aromatic heterocycles. The normalized spacial score (nSPS) is 24.0. The van der Waals surface area contributed by atoms with E-state index in [0.29, 0.717) is 0 Å². The van der Waals surface area contributed by atoms with Crippen molar-refractivity contribution < 1.29 is 109 Å². The summed E-state index contributed by atoms with van der Waals surface area (Å²) < 4.78 is 167. The molecular weight excluding hydrogens is 600 g/mol. The van der Waals surface area contributed by atoms with Crippen LogP contribution in [0.25, 0.3) is 0 Å². The SMILES string of the molecule is O=P(O)(F)OCOP(=O)(F)OOP(=O)(F)OOP(=O)(F)OOP(=O)(F)OOP(=O)(O)F. The molecule has 0 aliphatic carbocycles. The highest BCUT2D eigenvalue weighted by atomic mass is 31.2. The maximum atomic E-state index is 13.1. The third kappa shape index (κ3) is 18.6. The van der Waals surface area contributed by atoms with Gasteiger partial charge in [0.25, 0.3) is 0 Å². The van der Waals surface area contributed by atoms with Gasteiger partial charge < -0.3 is 0 Å². The van der Waals surface area contributed by atoms with Crippen LogP contribution in [0.3, 0.4) is 0 Å². The van der Waals surface area contributed by atoms with Gasteiger partial charge in [-0.15, -0.1) is 62.6 Å². The molecule has 0 saturated carbocycles. The van der Waals surface area contributed by atoms with Gasteiger partial charge in [-0.05, 0) is 0 Å². The molecule has 0 aliphatic rings. The Hall–Kier alpha value is 0.480. The van der Waals surface area contributed by atoms with Crippen LogP contribution in [0.5, 0.6) is 0 Å². The van der Waals surface area contributed by atoms with Gasteiger partial charge in [0.1, 0.15) is 0 Å². The molecule has 0 amide bonds. The summed E-state index contributed by atoms with van der Waals surface area (Å²) in [6.07, 6.45) is 0. The zero-order valence-corrected chi connectivity index (χ0v) is 18.5. The summed E-state index contributed by atoms with van der Waals surface area (Å²) in [6, 6.07) is 0. The van der Waals surface area contributed by atoms with Crippen LogP contribution in [0.2, 0.25) is 0 Å². The molecule has 0 spiro atoms. The van der Waals surface area contributed by atoms with Crippen LogP contribution >= 0.6 is 47.4 Å². The van der Waals surface area contributed by atoms with Crippen LogP contribution in [0.15, 0.2) is 0 Å². The van der Waals surface area contributed by atoms with E-state index < -0.39 is 54.2 Å². The molecule has 6 unspecified atom stereocenters. The van der Waals surface area contributed by atoms with Crippen molar-refractivity contribution in [3.8, 4) is 0 Å². The topological polar surface area (TPSA) is 235 Å². The first-order valence-corrected chi connectivity index (χ1v) is 14.3. The lowest BCUT2D eigenvalue weighted by Crippen LogP contribution is -1.98. The van der Waals surface area contributed by atoms with Crippen LogP contribution in [0, 0.1) is 0 Å². The van der Waals surface area contributed by atoms with Crippen molar-refractivity contribution in [2.45, 2.75) is 0 Å². The Balaban J connectivity index is 4.58.